The van der Waals surface area contributed by atoms with Crippen LogP contribution in [0.15, 0.2) is 42.5 Å². The van der Waals surface area contributed by atoms with Gasteiger partial charge in [-0.3, -0.25) is 0 Å². The number of rotatable bonds is 3. The van der Waals surface area contributed by atoms with Crippen LogP contribution in [0.3, 0.4) is 0 Å². The Morgan fingerprint density at radius 1 is 1.10 bits per heavy atom. The molecule has 0 aliphatic carbocycles. The summed E-state index contributed by atoms with van der Waals surface area (Å²) in [4.78, 5) is 0. The van der Waals surface area contributed by atoms with Crippen molar-refractivity contribution in [1.82, 2.24) is 0 Å². The van der Waals surface area contributed by atoms with Gasteiger partial charge >= 0.3 is 6.18 Å². The van der Waals surface area contributed by atoms with Crippen LogP contribution < -0.4 is 4.74 Å². The molecule has 0 saturated carbocycles. The molecular formula is C14H10ClF3O2. The fourth-order valence-corrected chi connectivity index (χ4v) is 1.82. The zero-order chi connectivity index (χ0) is 14.8. The quantitative estimate of drug-likeness (QED) is 0.894. The van der Waals surface area contributed by atoms with Crippen LogP contribution in [0.5, 0.6) is 11.5 Å². The van der Waals surface area contributed by atoms with E-state index in [1.165, 1.54) is 6.07 Å². The minimum Gasteiger partial charge on any atom is -0.507 e. The van der Waals surface area contributed by atoms with Crippen molar-refractivity contribution in [2.24, 2.45) is 0 Å². The molecule has 0 radical (unpaired) electrons. The van der Waals surface area contributed by atoms with E-state index in [1.807, 2.05) is 0 Å². The Hall–Kier alpha value is -1.88. The molecule has 0 atom stereocenters. The van der Waals surface area contributed by atoms with Crippen LogP contribution in [-0.4, -0.2) is 5.11 Å². The van der Waals surface area contributed by atoms with Crippen molar-refractivity contribution >= 4 is 11.6 Å². The van der Waals surface area contributed by atoms with Gasteiger partial charge in [0, 0.05) is 0 Å². The summed E-state index contributed by atoms with van der Waals surface area (Å²) >= 11 is 5.88. The van der Waals surface area contributed by atoms with Gasteiger partial charge in [0.2, 0.25) is 0 Å². The highest BCUT2D eigenvalue weighted by atomic mass is 35.5. The summed E-state index contributed by atoms with van der Waals surface area (Å²) in [5.41, 5.74) is -0.658. The van der Waals surface area contributed by atoms with Crippen molar-refractivity contribution in [2.45, 2.75) is 12.8 Å². The fraction of sp³-hybridized carbons (Fsp3) is 0.143. The highest BCUT2D eigenvalue weighted by molar-refractivity contribution is 6.32. The molecule has 0 amide bonds. The second-order valence-corrected chi connectivity index (χ2v) is 4.48. The van der Waals surface area contributed by atoms with E-state index in [-0.39, 0.29) is 6.61 Å². The molecule has 0 bridgehead atoms. The minimum absolute atomic E-state index is 0.00936. The van der Waals surface area contributed by atoms with Crippen molar-refractivity contribution in [2.75, 3.05) is 0 Å². The van der Waals surface area contributed by atoms with Crippen LogP contribution in [0, 0.1) is 0 Å². The first kappa shape index (κ1) is 14.5. The predicted molar refractivity (Wildman–Crippen MR) is 68.9 cm³/mol. The molecule has 0 aliphatic rings. The SMILES string of the molecule is Oc1cc(COc2ccccc2Cl)ccc1C(F)(F)F. The first-order valence-electron chi connectivity index (χ1n) is 5.64. The topological polar surface area (TPSA) is 29.5 Å². The van der Waals surface area contributed by atoms with Gasteiger partial charge < -0.3 is 9.84 Å². The van der Waals surface area contributed by atoms with Gasteiger partial charge in [0.15, 0.2) is 0 Å². The fourth-order valence-electron chi connectivity index (χ4n) is 1.63. The highest BCUT2D eigenvalue weighted by Crippen LogP contribution is 2.36. The Morgan fingerprint density at radius 3 is 2.40 bits per heavy atom. The van der Waals surface area contributed by atoms with Crippen molar-refractivity contribution in [3.63, 3.8) is 0 Å². The van der Waals surface area contributed by atoms with Gasteiger partial charge in [0.05, 0.1) is 10.6 Å². The van der Waals surface area contributed by atoms with Gasteiger partial charge in [-0.15, -0.1) is 0 Å². The van der Waals surface area contributed by atoms with Gasteiger partial charge in [-0.05, 0) is 29.8 Å². The molecule has 0 unspecified atom stereocenters. The van der Waals surface area contributed by atoms with Crippen LogP contribution in [-0.2, 0) is 12.8 Å². The van der Waals surface area contributed by atoms with E-state index in [2.05, 4.69) is 0 Å². The molecule has 0 aromatic heterocycles. The molecule has 2 nitrogen and oxygen atoms in total. The first-order chi connectivity index (χ1) is 9.38. The summed E-state index contributed by atoms with van der Waals surface area (Å²) in [7, 11) is 0. The number of hydrogen-bond acceptors (Lipinski definition) is 2. The van der Waals surface area contributed by atoms with Crippen LogP contribution >= 0.6 is 11.6 Å². The highest BCUT2D eigenvalue weighted by Gasteiger charge is 2.33. The Bertz CT molecular complexity index is 612. The Labute approximate surface area is 118 Å². The minimum atomic E-state index is -4.58. The number of halogens is 4. The third-order valence-electron chi connectivity index (χ3n) is 2.60. The third-order valence-corrected chi connectivity index (χ3v) is 2.91. The summed E-state index contributed by atoms with van der Waals surface area (Å²) < 4.78 is 42.8. The number of alkyl halides is 3. The van der Waals surface area contributed by atoms with Crippen LogP contribution in [0.2, 0.25) is 5.02 Å². The Kier molecular flexibility index (Phi) is 4.09. The van der Waals surface area contributed by atoms with Gasteiger partial charge in [-0.1, -0.05) is 29.8 Å². The monoisotopic (exact) mass is 302 g/mol. The van der Waals surface area contributed by atoms with Crippen LogP contribution in [0.25, 0.3) is 0 Å². The van der Waals surface area contributed by atoms with Gasteiger partial charge in [0.25, 0.3) is 0 Å². The Morgan fingerprint density at radius 2 is 1.80 bits per heavy atom. The van der Waals surface area contributed by atoms with E-state index in [1.54, 1.807) is 24.3 Å². The number of ether oxygens (including phenoxy) is 1. The zero-order valence-corrected chi connectivity index (χ0v) is 10.9. The lowest BCUT2D eigenvalue weighted by atomic mass is 10.1. The lowest BCUT2D eigenvalue weighted by Gasteiger charge is -2.11. The molecule has 1 N–H and O–H groups in total. The average molecular weight is 303 g/mol. The van der Waals surface area contributed by atoms with E-state index in [9.17, 15) is 18.3 Å². The Balaban J connectivity index is 2.12. The second kappa shape index (κ2) is 5.63. The number of phenols is 1. The average Bonchev–Trinajstić information content (AvgIpc) is 2.36. The van der Waals surface area contributed by atoms with E-state index >= 15 is 0 Å². The standard InChI is InChI=1S/C14H10ClF3O2/c15-11-3-1-2-4-13(11)20-8-9-5-6-10(12(19)7-9)14(16,17)18/h1-7,19H,8H2. The van der Waals surface area contributed by atoms with E-state index in [0.717, 1.165) is 12.1 Å². The van der Waals surface area contributed by atoms with E-state index in [0.29, 0.717) is 16.3 Å². The molecule has 6 heteroatoms. The molecule has 2 aromatic carbocycles. The van der Waals surface area contributed by atoms with E-state index < -0.39 is 17.5 Å². The molecule has 106 valence electrons. The molecule has 2 rings (SSSR count). The largest absolute Gasteiger partial charge is 0.507 e. The number of phenolic OH excluding ortho intramolecular Hbond substituents is 1. The molecule has 0 heterocycles. The predicted octanol–water partition coefficient (Wildman–Crippen LogP) is 4.64. The van der Waals surface area contributed by atoms with Crippen molar-refractivity contribution in [3.05, 3.63) is 58.6 Å². The number of hydrogen-bond donors (Lipinski definition) is 1. The lowest BCUT2D eigenvalue weighted by Crippen LogP contribution is -2.06. The maximum Gasteiger partial charge on any atom is 0.419 e. The third kappa shape index (κ3) is 3.36. The van der Waals surface area contributed by atoms with Gasteiger partial charge in [-0.25, -0.2) is 0 Å². The summed E-state index contributed by atoms with van der Waals surface area (Å²) in [6.07, 6.45) is -4.58. The summed E-state index contributed by atoms with van der Waals surface area (Å²) in [5, 5.41) is 9.78. The van der Waals surface area contributed by atoms with Crippen molar-refractivity contribution < 1.29 is 23.0 Å². The second-order valence-electron chi connectivity index (χ2n) is 4.07. The maximum atomic E-state index is 12.5. The molecule has 20 heavy (non-hydrogen) atoms. The molecule has 2 aromatic rings. The maximum absolute atomic E-state index is 12.5. The van der Waals surface area contributed by atoms with Crippen LogP contribution in [0.4, 0.5) is 13.2 Å². The molecule has 0 aliphatic heterocycles. The van der Waals surface area contributed by atoms with E-state index in [4.69, 9.17) is 16.3 Å². The molecule has 0 fully saturated rings. The zero-order valence-electron chi connectivity index (χ0n) is 10.1. The van der Waals surface area contributed by atoms with Gasteiger partial charge in [-0.2, -0.15) is 13.2 Å². The van der Waals surface area contributed by atoms with Crippen molar-refractivity contribution in [3.8, 4) is 11.5 Å². The summed E-state index contributed by atoms with van der Waals surface area (Å²) in [6, 6.07) is 9.84. The van der Waals surface area contributed by atoms with Gasteiger partial charge in [0.1, 0.15) is 18.1 Å². The van der Waals surface area contributed by atoms with Crippen molar-refractivity contribution in [1.29, 1.82) is 0 Å². The molecule has 0 saturated heterocycles. The molecule has 0 spiro atoms. The number of benzene rings is 2. The number of para-hydroxylation sites is 1. The summed E-state index contributed by atoms with van der Waals surface area (Å²) in [6.45, 7) is 0.00936. The first-order valence-corrected chi connectivity index (χ1v) is 6.02. The summed E-state index contributed by atoms with van der Waals surface area (Å²) in [5.74, 6) is -0.397. The lowest BCUT2D eigenvalue weighted by molar-refractivity contribution is -0.138. The smallest absolute Gasteiger partial charge is 0.419 e. The van der Waals surface area contributed by atoms with Crippen LogP contribution in [0.1, 0.15) is 11.1 Å². The molecular weight excluding hydrogens is 293 g/mol. The number of aromatic hydroxyl groups is 1. The normalized spacial score (nSPS) is 11.4.